The Labute approximate surface area is 109 Å². The third-order valence-corrected chi connectivity index (χ3v) is 6.34. The van der Waals surface area contributed by atoms with E-state index in [0.717, 1.165) is 12.2 Å². The lowest BCUT2D eigenvalue weighted by atomic mass is 9.95. The van der Waals surface area contributed by atoms with Crippen molar-refractivity contribution >= 4 is 21.6 Å². The van der Waals surface area contributed by atoms with Crippen LogP contribution in [0.3, 0.4) is 0 Å². The van der Waals surface area contributed by atoms with Gasteiger partial charge in [0.15, 0.2) is 9.84 Å². The van der Waals surface area contributed by atoms with E-state index >= 15 is 0 Å². The summed E-state index contributed by atoms with van der Waals surface area (Å²) in [6.45, 7) is 2.57. The highest BCUT2D eigenvalue weighted by Gasteiger charge is 2.45. The largest absolute Gasteiger partial charge is 0.329 e. The lowest BCUT2D eigenvalue weighted by Crippen LogP contribution is -2.56. The molecule has 0 amide bonds. The van der Waals surface area contributed by atoms with Gasteiger partial charge < -0.3 is 5.73 Å². The predicted molar refractivity (Wildman–Crippen MR) is 75.3 cm³/mol. The minimum absolute atomic E-state index is 0.219. The first-order valence-corrected chi connectivity index (χ1v) is 9.21. The molecule has 1 rings (SSSR count). The van der Waals surface area contributed by atoms with Crippen molar-refractivity contribution < 1.29 is 8.42 Å². The second kappa shape index (κ2) is 5.91. The highest BCUT2D eigenvalue weighted by molar-refractivity contribution is 7.98. The first-order valence-electron chi connectivity index (χ1n) is 5.99. The van der Waals surface area contributed by atoms with E-state index in [1.807, 2.05) is 18.8 Å². The molecular formula is C11H24N2O2S2. The van der Waals surface area contributed by atoms with Crippen molar-refractivity contribution in [1.82, 2.24) is 4.90 Å². The predicted octanol–water partition coefficient (Wildman–Crippen LogP) is 0.576. The summed E-state index contributed by atoms with van der Waals surface area (Å²) in [6.07, 6.45) is 3.83. The monoisotopic (exact) mass is 280 g/mol. The minimum atomic E-state index is -2.89. The normalized spacial score (nSPS) is 29.7. The molecule has 0 aromatic carbocycles. The van der Waals surface area contributed by atoms with Gasteiger partial charge in [-0.05, 0) is 38.8 Å². The fraction of sp³-hybridized carbons (Fsp3) is 1.00. The van der Waals surface area contributed by atoms with Crippen LogP contribution in [0.2, 0.25) is 0 Å². The Morgan fingerprint density at radius 1 is 1.53 bits per heavy atom. The van der Waals surface area contributed by atoms with Crippen LogP contribution in [0, 0.1) is 0 Å². The van der Waals surface area contributed by atoms with E-state index in [4.69, 9.17) is 5.73 Å². The van der Waals surface area contributed by atoms with Crippen molar-refractivity contribution in [2.24, 2.45) is 5.73 Å². The Bertz CT molecular complexity index is 345. The Morgan fingerprint density at radius 2 is 2.18 bits per heavy atom. The highest BCUT2D eigenvalue weighted by Crippen LogP contribution is 2.30. The smallest absolute Gasteiger partial charge is 0.152 e. The van der Waals surface area contributed by atoms with E-state index in [2.05, 4.69) is 18.1 Å². The average molecular weight is 280 g/mol. The Morgan fingerprint density at radius 3 is 2.59 bits per heavy atom. The Kier molecular flexibility index (Phi) is 5.31. The first-order chi connectivity index (χ1) is 7.87. The van der Waals surface area contributed by atoms with Crippen LogP contribution in [0.1, 0.15) is 19.8 Å². The second-order valence-corrected chi connectivity index (χ2v) is 8.18. The molecule has 0 radical (unpaired) electrons. The van der Waals surface area contributed by atoms with E-state index in [0.29, 0.717) is 19.0 Å². The fourth-order valence-electron chi connectivity index (χ4n) is 2.43. The van der Waals surface area contributed by atoms with Crippen molar-refractivity contribution in [3.8, 4) is 0 Å². The standard InChI is InChI=1S/C11H24N2O2S2/c1-10(4-6-16-3)13(2)11(8-12)5-7-17(14,15)9-11/h10H,4-9,12H2,1-3H3. The van der Waals surface area contributed by atoms with Crippen molar-refractivity contribution in [2.75, 3.05) is 37.1 Å². The van der Waals surface area contributed by atoms with Crippen molar-refractivity contribution in [1.29, 1.82) is 0 Å². The first kappa shape index (κ1) is 15.3. The number of sulfone groups is 1. The maximum atomic E-state index is 11.7. The maximum Gasteiger partial charge on any atom is 0.152 e. The summed E-state index contributed by atoms with van der Waals surface area (Å²) in [5.74, 6) is 1.60. The number of rotatable bonds is 6. The zero-order chi connectivity index (χ0) is 13.1. The molecule has 0 saturated carbocycles. The lowest BCUT2D eigenvalue weighted by Gasteiger charge is -2.41. The van der Waals surface area contributed by atoms with Gasteiger partial charge in [-0.1, -0.05) is 0 Å². The van der Waals surface area contributed by atoms with Gasteiger partial charge in [-0.3, -0.25) is 4.90 Å². The summed E-state index contributed by atoms with van der Waals surface area (Å²) in [4.78, 5) is 2.19. The molecule has 2 N–H and O–H groups in total. The molecule has 1 saturated heterocycles. The third-order valence-electron chi connectivity index (χ3n) is 3.90. The summed E-state index contributed by atoms with van der Waals surface area (Å²) in [6, 6.07) is 0.374. The van der Waals surface area contributed by atoms with Gasteiger partial charge in [0.25, 0.3) is 0 Å². The molecule has 1 aliphatic heterocycles. The molecule has 1 fully saturated rings. The number of hydrogen-bond donors (Lipinski definition) is 1. The minimum Gasteiger partial charge on any atom is -0.329 e. The summed E-state index contributed by atoms with van der Waals surface area (Å²) in [5.41, 5.74) is 5.51. The molecule has 2 atom stereocenters. The van der Waals surface area contributed by atoms with E-state index in [1.165, 1.54) is 0 Å². The van der Waals surface area contributed by atoms with Crippen LogP contribution in [0.25, 0.3) is 0 Å². The third kappa shape index (κ3) is 3.59. The summed E-state index contributed by atoms with van der Waals surface area (Å²) in [7, 11) is -0.879. The van der Waals surface area contributed by atoms with Gasteiger partial charge in [0, 0.05) is 18.1 Å². The molecule has 1 heterocycles. The molecule has 0 bridgehead atoms. The molecule has 0 aromatic heterocycles. The fourth-order valence-corrected chi connectivity index (χ4v) is 5.13. The Hall–Kier alpha value is 0.220. The zero-order valence-corrected chi connectivity index (χ0v) is 12.6. The van der Waals surface area contributed by atoms with Gasteiger partial charge in [-0.25, -0.2) is 8.42 Å². The quantitative estimate of drug-likeness (QED) is 0.771. The van der Waals surface area contributed by atoms with Gasteiger partial charge in [0.05, 0.1) is 11.5 Å². The zero-order valence-electron chi connectivity index (χ0n) is 11.0. The van der Waals surface area contributed by atoms with Crippen molar-refractivity contribution in [2.45, 2.75) is 31.3 Å². The lowest BCUT2D eigenvalue weighted by molar-refractivity contribution is 0.104. The van der Waals surface area contributed by atoms with Crippen LogP contribution in [0.4, 0.5) is 0 Å². The molecule has 102 valence electrons. The SMILES string of the molecule is CSCCC(C)N(C)C1(CN)CCS(=O)(=O)C1. The Balaban J connectivity index is 2.74. The molecule has 0 aliphatic carbocycles. The summed E-state index contributed by atoms with van der Waals surface area (Å²) in [5, 5.41) is 0. The van der Waals surface area contributed by atoms with Crippen molar-refractivity contribution in [3.05, 3.63) is 0 Å². The van der Waals surface area contributed by atoms with Crippen molar-refractivity contribution in [3.63, 3.8) is 0 Å². The van der Waals surface area contributed by atoms with Gasteiger partial charge in [0.2, 0.25) is 0 Å². The summed E-state index contributed by atoms with van der Waals surface area (Å²) < 4.78 is 23.3. The number of nitrogens with two attached hydrogens (primary N) is 1. The molecule has 2 unspecified atom stereocenters. The molecule has 17 heavy (non-hydrogen) atoms. The number of hydrogen-bond acceptors (Lipinski definition) is 5. The molecular weight excluding hydrogens is 256 g/mol. The maximum absolute atomic E-state index is 11.7. The van der Waals surface area contributed by atoms with Gasteiger partial charge in [-0.2, -0.15) is 11.8 Å². The van der Waals surface area contributed by atoms with Crippen LogP contribution in [0.15, 0.2) is 0 Å². The van der Waals surface area contributed by atoms with E-state index in [1.54, 1.807) is 0 Å². The van der Waals surface area contributed by atoms with Crippen LogP contribution in [-0.4, -0.2) is 62.0 Å². The molecule has 1 aliphatic rings. The number of likely N-dealkylation sites (N-methyl/N-ethyl adjacent to an activating group) is 1. The molecule has 6 heteroatoms. The van der Waals surface area contributed by atoms with Crippen LogP contribution < -0.4 is 5.73 Å². The van der Waals surface area contributed by atoms with Crippen LogP contribution in [0.5, 0.6) is 0 Å². The molecule has 0 aromatic rings. The number of thioether (sulfide) groups is 1. The van der Waals surface area contributed by atoms with Gasteiger partial charge >= 0.3 is 0 Å². The van der Waals surface area contributed by atoms with Gasteiger partial charge in [-0.15, -0.1) is 0 Å². The highest BCUT2D eigenvalue weighted by atomic mass is 32.2. The second-order valence-electron chi connectivity index (χ2n) is 5.01. The van der Waals surface area contributed by atoms with Crippen LogP contribution >= 0.6 is 11.8 Å². The summed E-state index contributed by atoms with van der Waals surface area (Å²) >= 11 is 1.82. The van der Waals surface area contributed by atoms with E-state index in [9.17, 15) is 8.42 Å². The van der Waals surface area contributed by atoms with Crippen LogP contribution in [-0.2, 0) is 9.84 Å². The average Bonchev–Trinajstić information content (AvgIpc) is 2.62. The molecule has 0 spiro atoms. The molecule has 4 nitrogen and oxygen atoms in total. The van der Waals surface area contributed by atoms with Gasteiger partial charge in [0.1, 0.15) is 0 Å². The van der Waals surface area contributed by atoms with E-state index in [-0.39, 0.29) is 17.0 Å². The number of nitrogens with zero attached hydrogens (tertiary/aromatic N) is 1. The van der Waals surface area contributed by atoms with E-state index < -0.39 is 9.84 Å². The topological polar surface area (TPSA) is 63.4 Å².